The maximum absolute atomic E-state index is 12.6. The van der Waals surface area contributed by atoms with Crippen LogP contribution >= 0.6 is 0 Å². The summed E-state index contributed by atoms with van der Waals surface area (Å²) in [5.74, 6) is -0.411. The average molecular weight is 365 g/mol. The Hall–Kier alpha value is -3.45. The van der Waals surface area contributed by atoms with E-state index in [-0.39, 0.29) is 0 Å². The molecule has 3 N–H and O–H groups in total. The number of rotatable bonds is 6. The number of nitrogens with one attached hydrogen (secondary N) is 2. The summed E-state index contributed by atoms with van der Waals surface area (Å²) in [4.78, 5) is 29.3. The number of carbonyl (C=O) groups is 2. The summed E-state index contributed by atoms with van der Waals surface area (Å²) in [6.45, 7) is -0.537. The van der Waals surface area contributed by atoms with Crippen LogP contribution in [0.3, 0.4) is 0 Å². The van der Waals surface area contributed by atoms with Crippen molar-refractivity contribution in [3.63, 3.8) is 0 Å². The van der Waals surface area contributed by atoms with Gasteiger partial charge in [0, 0.05) is 23.3 Å². The largest absolute Gasteiger partial charge is 0.497 e. The van der Waals surface area contributed by atoms with Crippen molar-refractivity contribution in [3.05, 3.63) is 66.4 Å². The molecule has 1 heterocycles. The predicted molar refractivity (Wildman–Crippen MR) is 102 cm³/mol. The molecule has 0 bridgehead atoms. The van der Waals surface area contributed by atoms with Gasteiger partial charge in [-0.2, -0.15) is 0 Å². The van der Waals surface area contributed by atoms with E-state index in [0.29, 0.717) is 27.9 Å². The first-order chi connectivity index (χ1) is 13.1. The topological polar surface area (TPSA) is 101 Å². The number of anilines is 1. The van der Waals surface area contributed by atoms with Gasteiger partial charge in [-0.05, 0) is 24.3 Å². The van der Waals surface area contributed by atoms with E-state index in [1.54, 1.807) is 48.5 Å². The van der Waals surface area contributed by atoms with Gasteiger partial charge in [0.2, 0.25) is 5.91 Å². The molecule has 1 atom stereocenters. The van der Waals surface area contributed by atoms with E-state index < -0.39 is 24.5 Å². The lowest BCUT2D eigenvalue weighted by Gasteiger charge is -2.17. The Morgan fingerprint density at radius 2 is 1.96 bits per heavy atom. The average Bonchev–Trinajstić information content (AvgIpc) is 2.71. The van der Waals surface area contributed by atoms with Gasteiger partial charge in [0.15, 0.2) is 0 Å². The van der Waals surface area contributed by atoms with Crippen molar-refractivity contribution in [1.29, 1.82) is 0 Å². The second-order valence-corrected chi connectivity index (χ2v) is 5.81. The van der Waals surface area contributed by atoms with Gasteiger partial charge in [-0.25, -0.2) is 0 Å². The molecule has 0 radical (unpaired) electrons. The van der Waals surface area contributed by atoms with Crippen molar-refractivity contribution in [2.45, 2.75) is 6.04 Å². The van der Waals surface area contributed by atoms with Crippen molar-refractivity contribution in [2.24, 2.45) is 0 Å². The minimum atomic E-state index is -1.10. The van der Waals surface area contributed by atoms with Crippen LogP contribution in [-0.2, 0) is 4.79 Å². The van der Waals surface area contributed by atoms with Gasteiger partial charge in [-0.15, -0.1) is 0 Å². The number of nitrogens with zero attached hydrogens (tertiary/aromatic N) is 1. The smallest absolute Gasteiger partial charge is 0.252 e. The standard InChI is InChI=1S/C20H19N3O4/c1-27-14-6-4-5-13(11-14)22-20(26)18(12-24)23-19(25)16-9-10-21-17-8-3-2-7-15(16)17/h2-11,18,24H,12H2,1H3,(H,22,26)(H,23,25). The fourth-order valence-electron chi connectivity index (χ4n) is 2.65. The van der Waals surface area contributed by atoms with E-state index in [1.165, 1.54) is 13.3 Å². The zero-order chi connectivity index (χ0) is 19.2. The highest BCUT2D eigenvalue weighted by Crippen LogP contribution is 2.18. The second-order valence-electron chi connectivity index (χ2n) is 5.81. The molecular formula is C20H19N3O4. The molecule has 0 aliphatic heterocycles. The molecule has 138 valence electrons. The molecule has 3 rings (SSSR count). The van der Waals surface area contributed by atoms with E-state index in [4.69, 9.17) is 4.74 Å². The van der Waals surface area contributed by atoms with Crippen LogP contribution in [0.1, 0.15) is 10.4 Å². The number of fused-ring (bicyclic) bond motifs is 1. The van der Waals surface area contributed by atoms with E-state index >= 15 is 0 Å². The second kappa shape index (κ2) is 8.29. The minimum absolute atomic E-state index is 0.383. The van der Waals surface area contributed by atoms with Crippen LogP contribution in [0.2, 0.25) is 0 Å². The highest BCUT2D eigenvalue weighted by molar-refractivity contribution is 6.08. The van der Waals surface area contributed by atoms with Gasteiger partial charge in [-0.3, -0.25) is 14.6 Å². The lowest BCUT2D eigenvalue weighted by atomic mass is 10.1. The summed E-state index contributed by atoms with van der Waals surface area (Å²) in [6, 6.07) is 14.5. The Labute approximate surface area is 156 Å². The molecule has 1 unspecified atom stereocenters. The van der Waals surface area contributed by atoms with Gasteiger partial charge >= 0.3 is 0 Å². The molecule has 0 aliphatic rings. The third-order valence-electron chi connectivity index (χ3n) is 4.04. The van der Waals surface area contributed by atoms with E-state index in [0.717, 1.165) is 0 Å². The summed E-state index contributed by atoms with van der Waals surface area (Å²) < 4.78 is 5.11. The number of methoxy groups -OCH3 is 1. The van der Waals surface area contributed by atoms with Crippen LogP contribution in [0.4, 0.5) is 5.69 Å². The van der Waals surface area contributed by atoms with Crippen LogP contribution in [-0.4, -0.2) is 41.7 Å². The number of hydrogen-bond donors (Lipinski definition) is 3. The number of aliphatic hydroxyl groups is 1. The zero-order valence-corrected chi connectivity index (χ0v) is 14.7. The van der Waals surface area contributed by atoms with Crippen molar-refractivity contribution < 1.29 is 19.4 Å². The summed E-state index contributed by atoms with van der Waals surface area (Å²) in [7, 11) is 1.52. The first-order valence-corrected chi connectivity index (χ1v) is 8.32. The Morgan fingerprint density at radius 3 is 2.74 bits per heavy atom. The Bertz CT molecular complexity index is 969. The van der Waals surface area contributed by atoms with E-state index in [9.17, 15) is 14.7 Å². The first-order valence-electron chi connectivity index (χ1n) is 8.32. The number of amides is 2. The summed E-state index contributed by atoms with van der Waals surface area (Å²) in [5, 5.41) is 15.5. The summed E-state index contributed by atoms with van der Waals surface area (Å²) >= 11 is 0. The number of carbonyl (C=O) groups excluding carboxylic acids is 2. The summed E-state index contributed by atoms with van der Waals surface area (Å²) in [5.41, 5.74) is 1.56. The number of pyridine rings is 1. The van der Waals surface area contributed by atoms with Crippen molar-refractivity contribution >= 4 is 28.4 Å². The van der Waals surface area contributed by atoms with Crippen LogP contribution in [0.25, 0.3) is 10.9 Å². The molecule has 0 saturated heterocycles. The van der Waals surface area contributed by atoms with Crippen LogP contribution in [0.15, 0.2) is 60.8 Å². The lowest BCUT2D eigenvalue weighted by Crippen LogP contribution is -2.46. The number of benzene rings is 2. The molecule has 0 saturated carbocycles. The quantitative estimate of drug-likeness (QED) is 0.620. The predicted octanol–water partition coefficient (Wildman–Crippen LogP) is 1.97. The number of aliphatic hydroxyl groups excluding tert-OH is 1. The molecule has 3 aromatic rings. The van der Waals surface area contributed by atoms with Crippen LogP contribution < -0.4 is 15.4 Å². The van der Waals surface area contributed by atoms with Crippen molar-refractivity contribution in [1.82, 2.24) is 10.3 Å². The van der Waals surface area contributed by atoms with Crippen molar-refractivity contribution in [2.75, 3.05) is 19.0 Å². The highest BCUT2D eigenvalue weighted by Gasteiger charge is 2.22. The van der Waals surface area contributed by atoms with Gasteiger partial charge in [0.25, 0.3) is 5.91 Å². The minimum Gasteiger partial charge on any atom is -0.497 e. The van der Waals surface area contributed by atoms with Gasteiger partial charge < -0.3 is 20.5 Å². The van der Waals surface area contributed by atoms with Gasteiger partial charge in [0.05, 0.1) is 24.8 Å². The molecule has 0 aliphatic carbocycles. The Kier molecular flexibility index (Phi) is 5.63. The molecule has 1 aromatic heterocycles. The Morgan fingerprint density at radius 1 is 1.15 bits per heavy atom. The monoisotopic (exact) mass is 365 g/mol. The third kappa shape index (κ3) is 4.21. The Balaban J connectivity index is 1.75. The number of aromatic nitrogens is 1. The number of ether oxygens (including phenoxy) is 1. The molecule has 7 nitrogen and oxygen atoms in total. The third-order valence-corrected chi connectivity index (χ3v) is 4.04. The fraction of sp³-hybridized carbons (Fsp3) is 0.150. The summed E-state index contributed by atoms with van der Waals surface area (Å²) in [6.07, 6.45) is 1.53. The molecule has 7 heteroatoms. The van der Waals surface area contributed by atoms with Gasteiger partial charge in [-0.1, -0.05) is 24.3 Å². The zero-order valence-electron chi connectivity index (χ0n) is 14.7. The highest BCUT2D eigenvalue weighted by atomic mass is 16.5. The molecule has 2 amide bonds. The molecule has 2 aromatic carbocycles. The van der Waals surface area contributed by atoms with Gasteiger partial charge in [0.1, 0.15) is 11.8 Å². The molecule has 0 fully saturated rings. The maximum Gasteiger partial charge on any atom is 0.252 e. The number of hydrogen-bond acceptors (Lipinski definition) is 5. The first kappa shape index (κ1) is 18.3. The fourth-order valence-corrected chi connectivity index (χ4v) is 2.65. The SMILES string of the molecule is COc1cccc(NC(=O)C(CO)NC(=O)c2ccnc3ccccc23)c1. The number of para-hydroxylation sites is 1. The van der Waals surface area contributed by atoms with E-state index in [2.05, 4.69) is 15.6 Å². The van der Waals surface area contributed by atoms with Crippen LogP contribution in [0, 0.1) is 0 Å². The normalized spacial score (nSPS) is 11.6. The molecule has 0 spiro atoms. The van der Waals surface area contributed by atoms with Crippen LogP contribution in [0.5, 0.6) is 5.75 Å². The lowest BCUT2D eigenvalue weighted by molar-refractivity contribution is -0.118. The molecular weight excluding hydrogens is 346 g/mol. The van der Waals surface area contributed by atoms with Crippen molar-refractivity contribution in [3.8, 4) is 5.75 Å². The maximum atomic E-state index is 12.6. The van der Waals surface area contributed by atoms with E-state index in [1.807, 2.05) is 6.07 Å². The molecule has 27 heavy (non-hydrogen) atoms.